The summed E-state index contributed by atoms with van der Waals surface area (Å²) >= 11 is 0. The maximum atomic E-state index is 4.55. The van der Waals surface area contributed by atoms with Crippen LogP contribution >= 0.6 is 0 Å². The Hall–Kier alpha value is -2.08. The van der Waals surface area contributed by atoms with E-state index in [0.29, 0.717) is 17.7 Å². The minimum atomic E-state index is 0.320. The van der Waals surface area contributed by atoms with Crippen molar-refractivity contribution in [3.8, 4) is 0 Å². The van der Waals surface area contributed by atoms with Gasteiger partial charge in [0.05, 0.1) is 30.3 Å². The van der Waals surface area contributed by atoms with E-state index in [1.165, 1.54) is 6.42 Å². The van der Waals surface area contributed by atoms with E-state index >= 15 is 0 Å². The Morgan fingerprint density at radius 3 is 2.83 bits per heavy atom. The van der Waals surface area contributed by atoms with E-state index in [1.54, 1.807) is 24.8 Å². The Kier molecular flexibility index (Phi) is 3.10. The van der Waals surface area contributed by atoms with E-state index in [0.717, 1.165) is 18.7 Å². The molecule has 1 saturated heterocycles. The van der Waals surface area contributed by atoms with Gasteiger partial charge in [-0.1, -0.05) is 0 Å². The average Bonchev–Trinajstić information content (AvgIpc) is 2.94. The average molecular weight is 242 g/mol. The predicted octanol–water partition coefficient (Wildman–Crippen LogP) is 1.43. The highest BCUT2D eigenvalue weighted by atomic mass is 15.1. The molecule has 2 aromatic rings. The molecule has 3 rings (SSSR count). The van der Waals surface area contributed by atoms with E-state index in [1.807, 2.05) is 6.20 Å². The van der Waals surface area contributed by atoms with Crippen LogP contribution < -0.4 is 10.6 Å². The van der Waals surface area contributed by atoms with Gasteiger partial charge in [-0.15, -0.1) is 0 Å². The number of rotatable bonds is 3. The monoisotopic (exact) mass is 242 g/mol. The predicted molar refractivity (Wildman–Crippen MR) is 67.3 cm³/mol. The van der Waals surface area contributed by atoms with Crippen molar-refractivity contribution >= 4 is 11.6 Å². The molecule has 18 heavy (non-hydrogen) atoms. The van der Waals surface area contributed by atoms with Gasteiger partial charge in [0.15, 0.2) is 0 Å². The van der Waals surface area contributed by atoms with E-state index in [9.17, 15) is 0 Å². The first-order chi connectivity index (χ1) is 8.92. The van der Waals surface area contributed by atoms with Gasteiger partial charge in [-0.3, -0.25) is 9.97 Å². The summed E-state index contributed by atoms with van der Waals surface area (Å²) in [5, 5.41) is 6.50. The maximum absolute atomic E-state index is 4.55. The first-order valence-corrected chi connectivity index (χ1v) is 6.00. The van der Waals surface area contributed by atoms with Crippen molar-refractivity contribution in [2.24, 2.45) is 0 Å². The van der Waals surface area contributed by atoms with Crippen molar-refractivity contribution in [1.29, 1.82) is 0 Å². The van der Waals surface area contributed by atoms with Crippen LogP contribution in [0.5, 0.6) is 0 Å². The molecule has 1 aliphatic heterocycles. The van der Waals surface area contributed by atoms with Gasteiger partial charge in [-0.05, 0) is 19.4 Å². The van der Waals surface area contributed by atoms with Crippen molar-refractivity contribution in [3.05, 3.63) is 36.7 Å². The Labute approximate surface area is 105 Å². The topological polar surface area (TPSA) is 75.6 Å². The van der Waals surface area contributed by atoms with E-state index in [2.05, 4.69) is 30.6 Å². The molecule has 92 valence electrons. The van der Waals surface area contributed by atoms with Gasteiger partial charge in [-0.25, -0.2) is 9.97 Å². The molecular formula is C12H14N6. The van der Waals surface area contributed by atoms with E-state index in [4.69, 9.17) is 0 Å². The molecule has 6 nitrogen and oxygen atoms in total. The molecule has 2 N–H and O–H groups in total. The Morgan fingerprint density at radius 1 is 1.11 bits per heavy atom. The van der Waals surface area contributed by atoms with Crippen LogP contribution in [-0.2, 0) is 0 Å². The molecule has 6 heteroatoms. The maximum Gasteiger partial charge on any atom is 0.150 e. The third-order valence-electron chi connectivity index (χ3n) is 2.89. The standard InChI is InChI=1S/C12H14N6/c1-2-9(15-3-1)10-6-14-8-12(17-10)18-11-7-13-4-5-16-11/h4-9,15H,1-3H2,(H,16,17,18)/t9-/m0/s1. The second kappa shape index (κ2) is 5.05. The summed E-state index contributed by atoms with van der Waals surface area (Å²) in [5.74, 6) is 1.37. The summed E-state index contributed by atoms with van der Waals surface area (Å²) in [6.45, 7) is 1.05. The Morgan fingerprint density at radius 2 is 2.06 bits per heavy atom. The molecule has 1 fully saturated rings. The SMILES string of the molecule is c1cnc(Nc2cncc([C@@H]3CCCN3)n2)cn1. The summed E-state index contributed by atoms with van der Waals surface area (Å²) in [5.41, 5.74) is 0.974. The quantitative estimate of drug-likeness (QED) is 0.848. The lowest BCUT2D eigenvalue weighted by Crippen LogP contribution is -2.15. The highest BCUT2D eigenvalue weighted by molar-refractivity contribution is 5.48. The van der Waals surface area contributed by atoms with Crippen molar-refractivity contribution in [2.45, 2.75) is 18.9 Å². The van der Waals surface area contributed by atoms with Crippen molar-refractivity contribution in [2.75, 3.05) is 11.9 Å². The Balaban J connectivity index is 1.78. The normalized spacial score (nSPS) is 18.8. The van der Waals surface area contributed by atoms with Crippen LogP contribution in [-0.4, -0.2) is 26.5 Å². The van der Waals surface area contributed by atoms with Crippen LogP contribution in [0.25, 0.3) is 0 Å². The third-order valence-corrected chi connectivity index (χ3v) is 2.89. The van der Waals surface area contributed by atoms with Gasteiger partial charge >= 0.3 is 0 Å². The molecule has 1 atom stereocenters. The second-order valence-electron chi connectivity index (χ2n) is 4.19. The summed E-state index contributed by atoms with van der Waals surface area (Å²) in [7, 11) is 0. The molecule has 0 bridgehead atoms. The van der Waals surface area contributed by atoms with Crippen LogP contribution in [0, 0.1) is 0 Å². The fourth-order valence-electron chi connectivity index (χ4n) is 2.04. The number of hydrogen-bond acceptors (Lipinski definition) is 6. The summed E-state index contributed by atoms with van der Waals surface area (Å²) < 4.78 is 0. The number of aromatic nitrogens is 4. The van der Waals surface area contributed by atoms with Crippen LogP contribution in [0.2, 0.25) is 0 Å². The lowest BCUT2D eigenvalue weighted by Gasteiger charge is -2.10. The van der Waals surface area contributed by atoms with Crippen molar-refractivity contribution < 1.29 is 0 Å². The van der Waals surface area contributed by atoms with Gasteiger partial charge in [0, 0.05) is 12.4 Å². The molecular weight excluding hydrogens is 228 g/mol. The first kappa shape index (κ1) is 11.0. The first-order valence-electron chi connectivity index (χ1n) is 6.00. The molecule has 1 aliphatic rings. The largest absolute Gasteiger partial charge is 0.322 e. The highest BCUT2D eigenvalue weighted by Gasteiger charge is 2.17. The van der Waals surface area contributed by atoms with E-state index < -0.39 is 0 Å². The smallest absolute Gasteiger partial charge is 0.150 e. The number of nitrogens with zero attached hydrogens (tertiary/aromatic N) is 4. The van der Waals surface area contributed by atoms with Crippen LogP contribution in [0.3, 0.4) is 0 Å². The van der Waals surface area contributed by atoms with Crippen LogP contribution in [0.15, 0.2) is 31.0 Å². The van der Waals surface area contributed by atoms with Crippen molar-refractivity contribution in [1.82, 2.24) is 25.3 Å². The fraction of sp³-hybridized carbons (Fsp3) is 0.333. The lowest BCUT2D eigenvalue weighted by molar-refractivity contribution is 0.625. The van der Waals surface area contributed by atoms with Crippen LogP contribution in [0.4, 0.5) is 11.6 Å². The second-order valence-corrected chi connectivity index (χ2v) is 4.19. The van der Waals surface area contributed by atoms with Gasteiger partial charge in [0.1, 0.15) is 11.6 Å². The number of anilines is 2. The van der Waals surface area contributed by atoms with Gasteiger partial charge in [0.2, 0.25) is 0 Å². The summed E-state index contributed by atoms with van der Waals surface area (Å²) in [6, 6.07) is 0.320. The molecule has 3 heterocycles. The minimum Gasteiger partial charge on any atom is -0.322 e. The summed E-state index contributed by atoms with van der Waals surface area (Å²) in [4.78, 5) is 16.9. The zero-order valence-electron chi connectivity index (χ0n) is 9.87. The Bertz CT molecular complexity index is 509. The molecule has 0 aliphatic carbocycles. The van der Waals surface area contributed by atoms with Gasteiger partial charge < -0.3 is 10.6 Å². The molecule has 0 radical (unpaired) electrons. The van der Waals surface area contributed by atoms with Crippen molar-refractivity contribution in [3.63, 3.8) is 0 Å². The molecule has 0 aromatic carbocycles. The minimum absolute atomic E-state index is 0.320. The number of nitrogens with one attached hydrogen (secondary N) is 2. The number of hydrogen-bond donors (Lipinski definition) is 2. The highest BCUT2D eigenvalue weighted by Crippen LogP contribution is 2.21. The lowest BCUT2D eigenvalue weighted by atomic mass is 10.2. The molecule has 0 amide bonds. The fourth-order valence-corrected chi connectivity index (χ4v) is 2.04. The zero-order chi connectivity index (χ0) is 12.2. The summed E-state index contributed by atoms with van der Waals surface area (Å²) in [6.07, 6.45) is 10.7. The molecule has 2 aromatic heterocycles. The van der Waals surface area contributed by atoms with E-state index in [-0.39, 0.29) is 0 Å². The van der Waals surface area contributed by atoms with Gasteiger partial charge in [0.25, 0.3) is 0 Å². The zero-order valence-corrected chi connectivity index (χ0v) is 9.87. The third kappa shape index (κ3) is 2.43. The van der Waals surface area contributed by atoms with Gasteiger partial charge in [-0.2, -0.15) is 0 Å². The molecule has 0 unspecified atom stereocenters. The molecule has 0 spiro atoms. The molecule has 0 saturated carbocycles. The van der Waals surface area contributed by atoms with Crippen LogP contribution in [0.1, 0.15) is 24.6 Å².